The summed E-state index contributed by atoms with van der Waals surface area (Å²) in [6, 6.07) is 0. The summed E-state index contributed by atoms with van der Waals surface area (Å²) in [4.78, 5) is 76.2. The molecule has 0 radical (unpaired) electrons. The van der Waals surface area contributed by atoms with Gasteiger partial charge in [0.2, 0.25) is 0 Å². The SMILES string of the molecule is C/C(=C\c1csc(CO[Si](C)(C)C(C)(C)C)n1)C1C/C=C(/C(F)(F)F)C/C=C/[C@H](C)[C@H](O[Si](C)(C)C(C)(C)C)[C@@H](C)C(=O)C(C)(C)[C@@H](C)CC(=O)O1.CC(=O)C1C/C=C(/C(F)(F)F)C/C=C/[C@H](C)[C@H](O[Si](C)(C)C(C)(C)C)[C@@H](C)C(=O)C(C)(C)[C@@H](C)CC(=O)O1.CC(C)(C)[O-].CCCCP(Br)(CCCC)(CCCC)Cc1csc(CO[Si](C)(C)C(C)(C)C)n1.[K+]. The van der Waals surface area contributed by atoms with Crippen molar-refractivity contribution in [3.63, 3.8) is 0 Å². The first-order chi connectivity index (χ1) is 55.8. The average molecular weight is 1980 g/mol. The second kappa shape index (κ2) is 50.5. The predicted octanol–water partition coefficient (Wildman–Crippen LogP) is 26.3. The molecule has 14 nitrogen and oxygen atoms in total. The Labute approximate surface area is 817 Å². The molecule has 0 aliphatic carbocycles. The fourth-order valence-electron chi connectivity index (χ4n) is 13.4. The van der Waals surface area contributed by atoms with Gasteiger partial charge in [0, 0.05) is 64.9 Å². The molecule has 0 N–H and O–H groups in total. The summed E-state index contributed by atoms with van der Waals surface area (Å²) < 4.78 is 122. The van der Waals surface area contributed by atoms with Gasteiger partial charge < -0.3 is 27.9 Å². The van der Waals surface area contributed by atoms with Crippen LogP contribution in [0.25, 0.3) is 6.08 Å². The van der Waals surface area contributed by atoms with Crippen molar-refractivity contribution >= 4 is 112 Å². The van der Waals surface area contributed by atoms with Gasteiger partial charge in [-0.05, 0) is 116 Å². The number of ketones is 3. The zero-order chi connectivity index (χ0) is 96.8. The van der Waals surface area contributed by atoms with E-state index in [1.807, 2.05) is 46.9 Å². The topological polar surface area (TPSA) is 190 Å². The van der Waals surface area contributed by atoms with Gasteiger partial charge in [-0.2, -0.15) is 26.3 Å². The quantitative estimate of drug-likeness (QED) is 0.0317. The third-order valence-electron chi connectivity index (χ3n) is 27.0. The van der Waals surface area contributed by atoms with Gasteiger partial charge in [0.05, 0.1) is 24.5 Å². The van der Waals surface area contributed by atoms with Gasteiger partial charge in [0.15, 0.2) is 36.8 Å². The van der Waals surface area contributed by atoms with Gasteiger partial charge in [-0.15, -0.1) is 16.9 Å². The maximum absolute atomic E-state index is 14.4. The largest absolute Gasteiger partial charge is 1.00 e. The number of hydrogen-bond acceptors (Lipinski definition) is 16. The van der Waals surface area contributed by atoms with Crippen molar-refractivity contribution in [3.05, 3.63) is 85.3 Å². The third kappa shape index (κ3) is 41.0. The fraction of sp³-hybridized carbons (Fsp3) is 0.781. The first kappa shape index (κ1) is 124. The number of nitrogens with zero attached hydrogens (tertiary/aromatic N) is 2. The fourth-order valence-corrected chi connectivity index (χ4v) is 28.3. The summed E-state index contributed by atoms with van der Waals surface area (Å²) in [6.07, 6.45) is 9.28. The van der Waals surface area contributed by atoms with Gasteiger partial charge >= 0.3 is 271 Å². The summed E-state index contributed by atoms with van der Waals surface area (Å²) in [5.41, 5.74) is -1.61. The Morgan fingerprint density at radius 3 is 1.19 bits per heavy atom. The number of carbonyl (C=O) groups is 5. The number of esters is 2. The molecular formula is C96H169BrF6KN2O12PS2Si4. The molecule has 4 rings (SSSR count). The van der Waals surface area contributed by atoms with E-state index in [0.29, 0.717) is 24.5 Å². The Kier molecular flexibility index (Phi) is 50.0. The Bertz CT molecular complexity index is 3840. The number of cyclic esters (lactones) is 2. The van der Waals surface area contributed by atoms with Crippen LogP contribution < -0.4 is 56.5 Å². The monoisotopic (exact) mass is 1980 g/mol. The number of alkyl halides is 6. The number of halogens is 7. The molecule has 2 aromatic rings. The van der Waals surface area contributed by atoms with E-state index >= 15 is 0 Å². The van der Waals surface area contributed by atoms with Crippen molar-refractivity contribution in [1.82, 2.24) is 9.97 Å². The number of allylic oxidation sites excluding steroid dienone is 4. The number of ether oxygens (including phenoxy) is 2. The number of unbranched alkanes of at least 4 members (excludes halogenated alkanes) is 3. The maximum Gasteiger partial charge on any atom is 1.00 e. The van der Waals surface area contributed by atoms with Crippen LogP contribution in [0.2, 0.25) is 72.5 Å². The predicted molar refractivity (Wildman–Crippen MR) is 522 cm³/mol. The number of Topliss-reactive ketones (excluding diaryl/α,β-unsaturated/α-hetero) is 3. The van der Waals surface area contributed by atoms with E-state index in [4.69, 9.17) is 37.1 Å². The molecule has 2 aliphatic heterocycles. The molecule has 0 saturated carbocycles. The van der Waals surface area contributed by atoms with E-state index in [1.165, 1.54) is 99.3 Å². The summed E-state index contributed by atoms with van der Waals surface area (Å²) in [5, 5.41) is 14.3. The molecular weight excluding hydrogens is 1810 g/mol. The molecule has 0 bridgehead atoms. The number of carbonyl (C=O) groups excluding carboxylic acids is 5. The van der Waals surface area contributed by atoms with E-state index in [-0.39, 0.29) is 127 Å². The van der Waals surface area contributed by atoms with Crippen LogP contribution in [0.3, 0.4) is 0 Å². The van der Waals surface area contributed by atoms with Crippen LogP contribution in [0.15, 0.2) is 63.9 Å². The standard InChI is InChI=1S/C40H66F3NO5SSi2.C29H47F3O5Si.C23H47BrNOPSSi.C4H9O.K/c1-26-18-17-19-30(40(41,42)43)20-21-32(27(2)22-31-25-50-33(44-31)24-47-51(13,14)37(5,6)7)48-34(45)23-28(3)39(11,12)36(46)29(4)35(26)49-52(15,16)38(8,9)10;1-18-13-12-14-22(29(30,31)32)15-16-23(21(4)33)36-24(34)17-19(2)28(8,9)26(35)20(3)25(18)37-38(10,11)27(5,6)7;1-9-12-15-27(24,16-13-10-2,17-14-11-3)19-21-20-28-22(25-21)18-26-29(7,8)23(4,5)6;1-4(2,3)5;/h17-18,20,22,25-26,28-29,32,35H,19,21,23-24H2,1-16H3;12-13,15,18-20,23,25H,14,16-17H2,1-11H3;20H,9-19H2,1-8H3;1-3H3;/q;;;-1;+1/b18-17+,27-22+,30-20+;13-12+,22-15+;;;/t26-,28-,29+,32?,35-;18-,19-,20+,23?,25-;;;/m00.../s1. The summed E-state index contributed by atoms with van der Waals surface area (Å²) >= 11 is 7.76. The molecule has 718 valence electrons. The Morgan fingerprint density at radius 2 is 0.872 bits per heavy atom. The maximum atomic E-state index is 14.4. The summed E-state index contributed by atoms with van der Waals surface area (Å²) in [5.74, 6) is -4.64. The van der Waals surface area contributed by atoms with Crippen molar-refractivity contribution in [3.8, 4) is 0 Å². The van der Waals surface area contributed by atoms with Gasteiger partial charge in [0.25, 0.3) is 0 Å². The Hall–Kier alpha value is -1.30. The zero-order valence-corrected chi connectivity index (χ0v) is 96.1. The molecule has 10 atom stereocenters. The van der Waals surface area contributed by atoms with Gasteiger partial charge in [-0.1, -0.05) is 189 Å². The molecule has 0 spiro atoms. The van der Waals surface area contributed by atoms with Crippen molar-refractivity contribution in [2.75, 3.05) is 18.5 Å². The number of thiazole rings is 2. The normalized spacial score (nSPS) is 24.7. The molecule has 4 heterocycles. The molecule has 0 amide bonds. The van der Waals surface area contributed by atoms with Gasteiger partial charge in [0.1, 0.15) is 22.7 Å². The molecule has 0 fully saturated rings. The van der Waals surface area contributed by atoms with Crippen molar-refractivity contribution in [2.24, 2.45) is 46.3 Å². The van der Waals surface area contributed by atoms with Crippen molar-refractivity contribution in [1.29, 1.82) is 0 Å². The molecule has 29 heteroatoms. The first-order valence-corrected chi connectivity index (χ1v) is 63.7. The smallest absolute Gasteiger partial charge is 1.00 e. The van der Waals surface area contributed by atoms with E-state index < -0.39 is 151 Å². The minimum Gasteiger partial charge on any atom is 1.00 e. The minimum absolute atomic E-state index is 0. The molecule has 2 unspecified atom stereocenters. The van der Waals surface area contributed by atoms with Crippen LogP contribution in [-0.4, -0.2) is 133 Å². The summed E-state index contributed by atoms with van der Waals surface area (Å²) in [6.45, 7) is 77.6. The molecule has 2 aromatic heterocycles. The molecule has 2 aliphatic rings. The Morgan fingerprint density at radius 1 is 0.552 bits per heavy atom. The molecule has 0 saturated heterocycles. The average Bonchev–Trinajstić information content (AvgIpc) is 1.76. The number of rotatable bonds is 24. The number of hydrogen-bond donors (Lipinski definition) is 0. The van der Waals surface area contributed by atoms with Crippen LogP contribution in [0.4, 0.5) is 26.3 Å². The van der Waals surface area contributed by atoms with E-state index in [9.17, 15) is 55.4 Å². The molecule has 125 heavy (non-hydrogen) atoms. The zero-order valence-electron chi connectivity index (χ0n) is 84.9. The van der Waals surface area contributed by atoms with Crippen LogP contribution in [-0.2, 0) is 70.5 Å². The molecule has 0 aromatic carbocycles. The van der Waals surface area contributed by atoms with Gasteiger partial charge in [-0.25, -0.2) is 4.98 Å². The first-order valence-electron chi connectivity index (χ1n) is 45.3. The Balaban J connectivity index is 0.00000186. The second-order valence-electron chi connectivity index (χ2n) is 43.8. The van der Waals surface area contributed by atoms with Crippen LogP contribution in [0, 0.1) is 46.3 Å². The van der Waals surface area contributed by atoms with Crippen molar-refractivity contribution in [2.45, 2.75) is 419 Å². The van der Waals surface area contributed by atoms with Crippen LogP contribution in [0.5, 0.6) is 0 Å². The third-order valence-corrected chi connectivity index (χ3v) is 56.0. The van der Waals surface area contributed by atoms with Crippen LogP contribution >= 0.6 is 43.5 Å². The minimum atomic E-state index is -4.61. The van der Waals surface area contributed by atoms with E-state index in [1.54, 1.807) is 85.0 Å². The summed E-state index contributed by atoms with van der Waals surface area (Å²) in [7, 11) is -8.44. The second-order valence-corrected chi connectivity index (χ2v) is 76.2. The van der Waals surface area contributed by atoms with Gasteiger partial charge in [-0.3, -0.25) is 24.0 Å². The number of aromatic nitrogens is 2. The van der Waals surface area contributed by atoms with E-state index in [2.05, 4.69) is 177 Å². The van der Waals surface area contributed by atoms with E-state index in [0.717, 1.165) is 22.2 Å². The van der Waals surface area contributed by atoms with Crippen LogP contribution in [0.1, 0.15) is 306 Å². The van der Waals surface area contributed by atoms with Crippen molar-refractivity contribution < 1.29 is 134 Å².